The fraction of sp³-hybridized carbons (Fsp3) is 0.158. The van der Waals surface area contributed by atoms with E-state index in [4.69, 9.17) is 0 Å². The molecule has 0 aromatic heterocycles. The van der Waals surface area contributed by atoms with E-state index in [2.05, 4.69) is 157 Å². The van der Waals surface area contributed by atoms with Crippen LogP contribution in [0.5, 0.6) is 0 Å². The average Bonchev–Trinajstić information content (AvgIpc) is 3.56. The maximum absolute atomic E-state index is 3.06. The first kappa shape index (κ1) is 39.8. The molecule has 4 heteroatoms. The molecule has 0 nitrogen and oxygen atoms in total. The Bertz CT molecular complexity index is 1640. The molecule has 0 aliphatic rings. The van der Waals surface area contributed by atoms with Gasteiger partial charge in [0.2, 0.25) is 0 Å². The number of aryl methyl sites for hydroxylation is 2. The predicted octanol–water partition coefficient (Wildman–Crippen LogP) is 11.7. The number of hydrogen-bond donors (Lipinski definition) is 0. The van der Waals surface area contributed by atoms with E-state index in [1.54, 1.807) is 0 Å². The SMILES string of the molecule is CC(C)(C)c1cc2c(-c3ccccc3)cccc2[cH-]1.Cc1cc2c(-c3ccccc3)ccc(C)c2[cH-]1.Cl.Cl.[CH3-].[CH3-].[Si]=[Zr]. The van der Waals surface area contributed by atoms with E-state index in [1.807, 2.05) is 0 Å². The third-order valence-electron chi connectivity index (χ3n) is 7.04. The van der Waals surface area contributed by atoms with Crippen LogP contribution in [0.15, 0.2) is 115 Å². The summed E-state index contributed by atoms with van der Waals surface area (Å²) < 4.78 is 0. The van der Waals surface area contributed by atoms with Gasteiger partial charge in [0.1, 0.15) is 0 Å². The Hall–Kier alpha value is -2.22. The van der Waals surface area contributed by atoms with Gasteiger partial charge in [-0.15, -0.1) is 93.4 Å². The van der Waals surface area contributed by atoms with Gasteiger partial charge in [-0.05, 0) is 16.5 Å². The first-order valence-corrected chi connectivity index (χ1v) is 17.2. The third-order valence-corrected chi connectivity index (χ3v) is 7.04. The molecule has 2 radical (unpaired) electrons. The van der Waals surface area contributed by atoms with Crippen molar-refractivity contribution in [3.05, 3.63) is 147 Å². The summed E-state index contributed by atoms with van der Waals surface area (Å²) in [7, 11) is 0. The summed E-state index contributed by atoms with van der Waals surface area (Å²) >= 11 is 1.36. The van der Waals surface area contributed by atoms with Crippen LogP contribution in [-0.4, -0.2) is 6.88 Å². The van der Waals surface area contributed by atoms with Gasteiger partial charge in [0.25, 0.3) is 0 Å². The minimum absolute atomic E-state index is 0. The van der Waals surface area contributed by atoms with Crippen LogP contribution in [0, 0.1) is 28.7 Å². The van der Waals surface area contributed by atoms with Crippen LogP contribution in [0.3, 0.4) is 0 Å². The van der Waals surface area contributed by atoms with Gasteiger partial charge in [-0.3, -0.25) is 0 Å². The van der Waals surface area contributed by atoms with Crippen LogP contribution in [0.4, 0.5) is 0 Å². The predicted molar refractivity (Wildman–Crippen MR) is 191 cm³/mol. The van der Waals surface area contributed by atoms with Gasteiger partial charge in [-0.1, -0.05) is 119 Å². The molecule has 0 unspecified atom stereocenters. The van der Waals surface area contributed by atoms with Gasteiger partial charge in [0, 0.05) is 0 Å². The van der Waals surface area contributed by atoms with E-state index in [-0.39, 0.29) is 45.1 Å². The summed E-state index contributed by atoms with van der Waals surface area (Å²) in [6, 6.07) is 41.4. The molecule has 0 aliphatic heterocycles. The monoisotopic (exact) mass is 686 g/mol. The Morgan fingerprint density at radius 3 is 1.64 bits per heavy atom. The Labute approximate surface area is 283 Å². The number of hydrogen-bond acceptors (Lipinski definition) is 0. The topological polar surface area (TPSA) is 0 Å². The van der Waals surface area contributed by atoms with E-state index < -0.39 is 0 Å². The molecule has 42 heavy (non-hydrogen) atoms. The van der Waals surface area contributed by atoms with E-state index >= 15 is 0 Å². The van der Waals surface area contributed by atoms with Crippen molar-refractivity contribution in [1.82, 2.24) is 0 Å². The van der Waals surface area contributed by atoms with Gasteiger partial charge in [0.05, 0.1) is 0 Å². The van der Waals surface area contributed by atoms with Crippen molar-refractivity contribution in [1.29, 1.82) is 0 Å². The normalized spacial score (nSPS) is 9.90. The second-order valence-electron chi connectivity index (χ2n) is 10.8. The molecular weight excluding hydrogens is 647 g/mol. The van der Waals surface area contributed by atoms with Crippen molar-refractivity contribution >= 4 is 53.2 Å². The first-order chi connectivity index (χ1) is 18.3. The summed E-state index contributed by atoms with van der Waals surface area (Å²) in [6.07, 6.45) is 0. The van der Waals surface area contributed by atoms with Crippen LogP contribution in [-0.2, 0) is 28.8 Å². The Kier molecular flexibility index (Phi) is 16.8. The molecule has 0 saturated heterocycles. The van der Waals surface area contributed by atoms with Crippen LogP contribution in [0.1, 0.15) is 37.5 Å². The Morgan fingerprint density at radius 2 is 1.12 bits per heavy atom. The molecule has 6 aromatic rings. The van der Waals surface area contributed by atoms with Crippen molar-refractivity contribution in [3.8, 4) is 22.3 Å². The van der Waals surface area contributed by atoms with Crippen LogP contribution in [0.25, 0.3) is 43.8 Å². The minimum atomic E-state index is 0. The molecule has 0 heterocycles. The molecule has 0 bridgehead atoms. The molecule has 0 fully saturated rings. The van der Waals surface area contributed by atoms with Gasteiger partial charge in [-0.25, -0.2) is 0 Å². The second-order valence-corrected chi connectivity index (χ2v) is 10.8. The van der Waals surface area contributed by atoms with Crippen LogP contribution < -0.4 is 0 Å². The van der Waals surface area contributed by atoms with Gasteiger partial charge < -0.3 is 14.9 Å². The quantitative estimate of drug-likeness (QED) is 0.125. The molecule has 0 N–H and O–H groups in total. The van der Waals surface area contributed by atoms with Crippen molar-refractivity contribution in [2.75, 3.05) is 0 Å². The van der Waals surface area contributed by atoms with Crippen molar-refractivity contribution in [2.45, 2.75) is 40.0 Å². The second kappa shape index (κ2) is 17.8. The van der Waals surface area contributed by atoms with Crippen LogP contribution >= 0.6 is 24.8 Å². The number of fused-ring (bicyclic) bond motifs is 2. The third kappa shape index (κ3) is 9.14. The van der Waals surface area contributed by atoms with Gasteiger partial charge in [0.15, 0.2) is 0 Å². The molecule has 0 spiro atoms. The van der Waals surface area contributed by atoms with Crippen LogP contribution in [0.2, 0.25) is 0 Å². The zero-order valence-electron chi connectivity index (χ0n) is 25.8. The van der Waals surface area contributed by atoms with Crippen molar-refractivity contribution in [3.63, 3.8) is 0 Å². The molecule has 0 saturated carbocycles. The fourth-order valence-electron chi connectivity index (χ4n) is 5.00. The Balaban J connectivity index is 0.000000696. The summed E-state index contributed by atoms with van der Waals surface area (Å²) in [4.78, 5) is 0. The molecule has 220 valence electrons. The van der Waals surface area contributed by atoms with E-state index in [0.29, 0.717) is 0 Å². The van der Waals surface area contributed by atoms with Gasteiger partial charge in [-0.2, -0.15) is 12.1 Å². The summed E-state index contributed by atoms with van der Waals surface area (Å²) in [5, 5.41) is 5.45. The molecule has 6 rings (SSSR count). The number of rotatable bonds is 2. The fourth-order valence-corrected chi connectivity index (χ4v) is 5.00. The van der Waals surface area contributed by atoms with E-state index in [0.717, 1.165) is 0 Å². The average molecular weight is 689 g/mol. The summed E-state index contributed by atoms with van der Waals surface area (Å²) in [5.41, 5.74) is 9.55. The molecule has 0 atom stereocenters. The van der Waals surface area contributed by atoms with E-state index in [9.17, 15) is 0 Å². The summed E-state index contributed by atoms with van der Waals surface area (Å²) in [5.74, 6) is 0. The van der Waals surface area contributed by atoms with Crippen molar-refractivity contribution < 1.29 is 23.3 Å². The molecule has 6 aromatic carbocycles. The maximum atomic E-state index is 3.06. The molecular formula is C38H42Cl2SiZr-4. The zero-order valence-corrected chi connectivity index (χ0v) is 30.9. The Morgan fingerprint density at radius 1 is 0.595 bits per heavy atom. The van der Waals surface area contributed by atoms with Crippen molar-refractivity contribution in [2.24, 2.45) is 0 Å². The van der Waals surface area contributed by atoms with E-state index in [1.165, 1.54) is 83.8 Å². The summed E-state index contributed by atoms with van der Waals surface area (Å²) in [6.45, 7) is 14.2. The zero-order chi connectivity index (χ0) is 27.3. The van der Waals surface area contributed by atoms with Gasteiger partial charge >= 0.3 is 30.2 Å². The molecule has 0 aliphatic carbocycles. The number of halogens is 2. The number of benzene rings is 4. The standard InChI is InChI=1S/C19H19.C17H15.2CH3.2ClH.Si.Zr/c1-19(2,3)16-12-15-10-7-11-17(18(15)13-16)14-8-5-4-6-9-14;1-12-10-16-13(2)8-9-15(17(16)11-12)14-6-4-3-5-7-14;;;;;;/h4-13H,1-3H3;3-11H,1-2H3;2*1H3;2*1H;;/q4*-1;;;;. The first-order valence-electron chi connectivity index (χ1n) is 13.0. The molecule has 0 amide bonds.